The molecule has 7 heteroatoms. The van der Waals surface area contributed by atoms with Crippen molar-refractivity contribution in [3.63, 3.8) is 0 Å². The Morgan fingerprint density at radius 3 is 2.45 bits per heavy atom. The van der Waals surface area contributed by atoms with Gasteiger partial charge in [-0.15, -0.1) is 0 Å². The van der Waals surface area contributed by atoms with Crippen molar-refractivity contribution in [3.8, 4) is 0 Å². The van der Waals surface area contributed by atoms with Gasteiger partial charge in [0.2, 0.25) is 11.8 Å². The van der Waals surface area contributed by atoms with Gasteiger partial charge in [0, 0.05) is 25.4 Å². The SMILES string of the molecule is CN1C(=O)CC[C@]2(C)[C@H]3CC[C@]4(C)[C@@H](C(=O)NCC(F)(F)F)CC[C@H]4[C@@H]3CC[C@@H]12. The third kappa shape index (κ3) is 3.27. The van der Waals surface area contributed by atoms with E-state index in [9.17, 15) is 22.8 Å². The van der Waals surface area contributed by atoms with Crippen molar-refractivity contribution in [2.24, 2.45) is 34.5 Å². The summed E-state index contributed by atoms with van der Waals surface area (Å²) >= 11 is 0. The average Bonchev–Trinajstić information content (AvgIpc) is 3.00. The number of hydrogen-bond donors (Lipinski definition) is 1. The number of likely N-dealkylation sites (tertiary alicyclic amines) is 1. The van der Waals surface area contributed by atoms with Crippen LogP contribution in [0.1, 0.15) is 65.2 Å². The number of nitrogens with one attached hydrogen (secondary N) is 1. The Morgan fingerprint density at radius 1 is 1.07 bits per heavy atom. The molecule has 0 aromatic rings. The van der Waals surface area contributed by atoms with Crippen LogP contribution in [0.3, 0.4) is 0 Å². The number of nitrogens with zero attached hydrogens (tertiary/aromatic N) is 1. The van der Waals surface area contributed by atoms with E-state index in [0.29, 0.717) is 36.6 Å². The first-order valence-corrected chi connectivity index (χ1v) is 11.1. The molecule has 29 heavy (non-hydrogen) atoms. The molecule has 0 unspecified atom stereocenters. The third-order valence-electron chi connectivity index (χ3n) is 9.34. The van der Waals surface area contributed by atoms with Gasteiger partial charge < -0.3 is 10.2 Å². The summed E-state index contributed by atoms with van der Waals surface area (Å²) in [4.78, 5) is 26.8. The number of rotatable bonds is 2. The fourth-order valence-electron chi connectivity index (χ4n) is 7.89. The molecule has 1 aliphatic heterocycles. The summed E-state index contributed by atoms with van der Waals surface area (Å²) in [7, 11) is 1.94. The molecule has 1 N–H and O–H groups in total. The molecule has 4 rings (SSSR count). The van der Waals surface area contributed by atoms with Gasteiger partial charge in [0.05, 0.1) is 0 Å². The van der Waals surface area contributed by atoms with E-state index in [1.807, 2.05) is 11.9 Å². The van der Waals surface area contributed by atoms with E-state index in [-0.39, 0.29) is 22.7 Å². The van der Waals surface area contributed by atoms with Gasteiger partial charge >= 0.3 is 6.18 Å². The maximum absolute atomic E-state index is 12.6. The predicted octanol–water partition coefficient (Wildman–Crippen LogP) is 4.14. The fourth-order valence-corrected chi connectivity index (χ4v) is 7.89. The zero-order valence-electron chi connectivity index (χ0n) is 17.6. The number of alkyl halides is 3. The van der Waals surface area contributed by atoms with Crippen LogP contribution in [0, 0.1) is 34.5 Å². The molecule has 0 spiro atoms. The molecule has 0 bridgehead atoms. The van der Waals surface area contributed by atoms with Crippen LogP contribution in [-0.4, -0.2) is 42.5 Å². The largest absolute Gasteiger partial charge is 0.405 e. The minimum absolute atomic E-state index is 0.115. The molecule has 7 atom stereocenters. The van der Waals surface area contributed by atoms with Gasteiger partial charge in [-0.05, 0) is 73.5 Å². The standard InChI is InChI=1S/C22H33F3N2O2/c1-20-10-8-15-13(4-7-17-21(15,2)11-9-18(28)27(17)3)14(20)5-6-16(20)19(29)26-12-22(23,24)25/h13-17H,4-12H2,1-3H3,(H,26,29)/t13-,14-,15-,16+,17+,20-,21+/m0/s1. The summed E-state index contributed by atoms with van der Waals surface area (Å²) in [5, 5.41) is 2.15. The Labute approximate surface area is 171 Å². The minimum Gasteiger partial charge on any atom is -0.347 e. The Kier molecular flexibility index (Phi) is 4.97. The summed E-state index contributed by atoms with van der Waals surface area (Å²) in [5.41, 5.74) is -0.0973. The number of piperidine rings is 1. The highest BCUT2D eigenvalue weighted by atomic mass is 19.4. The fraction of sp³-hybridized carbons (Fsp3) is 0.909. The lowest BCUT2D eigenvalue weighted by molar-refractivity contribution is -0.160. The van der Waals surface area contributed by atoms with E-state index in [2.05, 4.69) is 19.2 Å². The maximum atomic E-state index is 12.6. The third-order valence-corrected chi connectivity index (χ3v) is 9.34. The smallest absolute Gasteiger partial charge is 0.347 e. The molecule has 1 saturated heterocycles. The molecule has 1 heterocycles. The summed E-state index contributed by atoms with van der Waals surface area (Å²) in [6, 6.07) is 0.293. The zero-order chi connectivity index (χ0) is 21.2. The molecule has 164 valence electrons. The highest BCUT2D eigenvalue weighted by Gasteiger charge is 2.62. The van der Waals surface area contributed by atoms with E-state index in [4.69, 9.17) is 0 Å². The zero-order valence-corrected chi connectivity index (χ0v) is 17.6. The monoisotopic (exact) mass is 414 g/mol. The van der Waals surface area contributed by atoms with Crippen LogP contribution >= 0.6 is 0 Å². The Hall–Kier alpha value is -1.27. The van der Waals surface area contributed by atoms with E-state index in [0.717, 1.165) is 38.5 Å². The molecule has 2 amide bonds. The van der Waals surface area contributed by atoms with Crippen molar-refractivity contribution in [1.82, 2.24) is 10.2 Å². The van der Waals surface area contributed by atoms with Crippen molar-refractivity contribution in [3.05, 3.63) is 0 Å². The second-order valence-corrected chi connectivity index (χ2v) is 10.5. The number of carbonyl (C=O) groups is 2. The topological polar surface area (TPSA) is 49.4 Å². The average molecular weight is 415 g/mol. The van der Waals surface area contributed by atoms with Gasteiger partial charge in [0.1, 0.15) is 6.54 Å². The number of fused-ring (bicyclic) bond motifs is 5. The Morgan fingerprint density at radius 2 is 1.76 bits per heavy atom. The quantitative estimate of drug-likeness (QED) is 0.738. The molecule has 4 nitrogen and oxygen atoms in total. The maximum Gasteiger partial charge on any atom is 0.405 e. The first-order valence-electron chi connectivity index (χ1n) is 11.1. The second kappa shape index (κ2) is 6.88. The van der Waals surface area contributed by atoms with Gasteiger partial charge in [-0.25, -0.2) is 0 Å². The summed E-state index contributed by atoms with van der Waals surface area (Å²) in [6.45, 7) is 3.25. The number of halogens is 3. The lowest BCUT2D eigenvalue weighted by Crippen LogP contribution is -2.61. The summed E-state index contributed by atoms with van der Waals surface area (Å²) < 4.78 is 37.7. The van der Waals surface area contributed by atoms with Crippen LogP contribution in [-0.2, 0) is 9.59 Å². The highest BCUT2D eigenvalue weighted by Crippen LogP contribution is 2.66. The highest BCUT2D eigenvalue weighted by molar-refractivity contribution is 5.80. The van der Waals surface area contributed by atoms with Crippen molar-refractivity contribution in [1.29, 1.82) is 0 Å². The van der Waals surface area contributed by atoms with Gasteiger partial charge in [-0.1, -0.05) is 13.8 Å². The predicted molar refractivity (Wildman–Crippen MR) is 103 cm³/mol. The van der Waals surface area contributed by atoms with Crippen LogP contribution in [0.4, 0.5) is 13.2 Å². The van der Waals surface area contributed by atoms with Gasteiger partial charge in [0.25, 0.3) is 0 Å². The molecule has 4 fully saturated rings. The van der Waals surface area contributed by atoms with Crippen LogP contribution in [0.15, 0.2) is 0 Å². The second-order valence-electron chi connectivity index (χ2n) is 10.5. The van der Waals surface area contributed by atoms with Crippen molar-refractivity contribution in [2.45, 2.75) is 77.4 Å². The van der Waals surface area contributed by atoms with Crippen molar-refractivity contribution >= 4 is 11.8 Å². The first-order chi connectivity index (χ1) is 13.5. The van der Waals surface area contributed by atoms with Gasteiger partial charge in [-0.3, -0.25) is 9.59 Å². The first kappa shape index (κ1) is 21.0. The number of amides is 2. The molecular weight excluding hydrogens is 381 g/mol. The Bertz CT molecular complexity index is 696. The van der Waals surface area contributed by atoms with Gasteiger partial charge in [0.15, 0.2) is 0 Å². The van der Waals surface area contributed by atoms with Crippen molar-refractivity contribution < 1.29 is 22.8 Å². The molecule has 3 saturated carbocycles. The van der Waals surface area contributed by atoms with E-state index >= 15 is 0 Å². The summed E-state index contributed by atoms with van der Waals surface area (Å²) in [6.07, 6.45) is 2.74. The number of carbonyl (C=O) groups excluding carboxylic acids is 2. The lowest BCUT2D eigenvalue weighted by atomic mass is 9.47. The van der Waals surface area contributed by atoms with Crippen LogP contribution in [0.5, 0.6) is 0 Å². The summed E-state index contributed by atoms with van der Waals surface area (Å²) in [5.74, 6) is 0.937. The van der Waals surface area contributed by atoms with E-state index in [1.165, 1.54) is 0 Å². The minimum atomic E-state index is -4.37. The van der Waals surface area contributed by atoms with Crippen molar-refractivity contribution in [2.75, 3.05) is 13.6 Å². The van der Waals surface area contributed by atoms with Crippen LogP contribution < -0.4 is 5.32 Å². The molecule has 0 aromatic carbocycles. The van der Waals surface area contributed by atoms with E-state index in [1.54, 1.807) is 0 Å². The van der Waals surface area contributed by atoms with Crippen LogP contribution in [0.25, 0.3) is 0 Å². The lowest BCUT2D eigenvalue weighted by Gasteiger charge is -2.61. The Balaban J connectivity index is 1.52. The normalized spacial score (nSPS) is 44.7. The molecule has 3 aliphatic carbocycles. The van der Waals surface area contributed by atoms with Gasteiger partial charge in [-0.2, -0.15) is 13.2 Å². The molecule has 4 aliphatic rings. The molecular formula is C22H33F3N2O2. The van der Waals surface area contributed by atoms with E-state index < -0.39 is 18.6 Å². The number of hydrogen-bond acceptors (Lipinski definition) is 2. The molecule has 0 aromatic heterocycles. The van der Waals surface area contributed by atoms with Crippen LogP contribution in [0.2, 0.25) is 0 Å². The molecule has 0 radical (unpaired) electrons.